The Hall–Kier alpha value is -2.62. The number of hydrogen-bond acceptors (Lipinski definition) is 3. The normalized spacial score (nSPS) is 16.0. The second kappa shape index (κ2) is 8.38. The molecule has 0 bridgehead atoms. The van der Waals surface area contributed by atoms with E-state index in [1.54, 1.807) is 0 Å². The highest BCUT2D eigenvalue weighted by molar-refractivity contribution is 5.41. The molecule has 1 atom stereocenters. The molecule has 27 heavy (non-hydrogen) atoms. The van der Waals surface area contributed by atoms with Crippen molar-refractivity contribution in [2.24, 2.45) is 0 Å². The summed E-state index contributed by atoms with van der Waals surface area (Å²) in [6.45, 7) is 6.35. The maximum absolute atomic E-state index is 6.09. The predicted octanol–water partition coefficient (Wildman–Crippen LogP) is 4.78. The second-order valence-electron chi connectivity index (χ2n) is 7.03. The Morgan fingerprint density at radius 1 is 0.815 bits per heavy atom. The van der Waals surface area contributed by atoms with Gasteiger partial charge in [0, 0.05) is 26.2 Å². The number of nitrogens with one attached hydrogen (secondary N) is 1. The molecule has 1 aliphatic rings. The smallest absolute Gasteiger partial charge is 0.127 e. The number of benzene rings is 3. The topological polar surface area (TPSA) is 24.5 Å². The SMILES string of the molecule is Cc1ccccc1C(c1cccc(Oc2ccccc2)c1)N1CCNCC1. The van der Waals surface area contributed by atoms with Crippen molar-refractivity contribution in [3.63, 3.8) is 0 Å². The van der Waals surface area contributed by atoms with Gasteiger partial charge in [0.25, 0.3) is 0 Å². The minimum atomic E-state index is 0.243. The zero-order valence-corrected chi connectivity index (χ0v) is 15.8. The molecule has 1 fully saturated rings. The first-order valence-corrected chi connectivity index (χ1v) is 9.64. The van der Waals surface area contributed by atoms with Gasteiger partial charge in [0.2, 0.25) is 0 Å². The van der Waals surface area contributed by atoms with E-state index in [1.807, 2.05) is 36.4 Å². The van der Waals surface area contributed by atoms with E-state index in [0.29, 0.717) is 0 Å². The van der Waals surface area contributed by atoms with Gasteiger partial charge in [-0.25, -0.2) is 0 Å². The summed E-state index contributed by atoms with van der Waals surface area (Å²) in [6, 6.07) is 27.5. The van der Waals surface area contributed by atoms with E-state index in [1.165, 1.54) is 16.7 Å². The molecule has 0 aliphatic carbocycles. The molecule has 1 N–H and O–H groups in total. The Balaban J connectivity index is 1.69. The van der Waals surface area contributed by atoms with Crippen LogP contribution in [0.3, 0.4) is 0 Å². The fourth-order valence-corrected chi connectivity index (χ4v) is 3.79. The largest absolute Gasteiger partial charge is 0.457 e. The molecule has 1 saturated heterocycles. The lowest BCUT2D eigenvalue weighted by Gasteiger charge is -2.36. The van der Waals surface area contributed by atoms with Gasteiger partial charge in [-0.3, -0.25) is 4.90 Å². The summed E-state index contributed by atoms with van der Waals surface area (Å²) < 4.78 is 6.09. The van der Waals surface area contributed by atoms with Crippen LogP contribution in [0.15, 0.2) is 78.9 Å². The van der Waals surface area contributed by atoms with Crippen LogP contribution in [0.2, 0.25) is 0 Å². The van der Waals surface area contributed by atoms with Crippen LogP contribution in [0.5, 0.6) is 11.5 Å². The first-order chi connectivity index (χ1) is 13.3. The molecule has 0 spiro atoms. The molecule has 138 valence electrons. The average Bonchev–Trinajstić information content (AvgIpc) is 2.72. The predicted molar refractivity (Wildman–Crippen MR) is 110 cm³/mol. The van der Waals surface area contributed by atoms with Crippen molar-refractivity contribution < 1.29 is 4.74 Å². The average molecular weight is 358 g/mol. The third-order valence-electron chi connectivity index (χ3n) is 5.15. The molecule has 0 saturated carbocycles. The van der Waals surface area contributed by atoms with Gasteiger partial charge in [-0.15, -0.1) is 0 Å². The van der Waals surface area contributed by atoms with Gasteiger partial charge in [-0.2, -0.15) is 0 Å². The van der Waals surface area contributed by atoms with Gasteiger partial charge in [0.05, 0.1) is 6.04 Å². The molecule has 1 unspecified atom stereocenters. The number of nitrogens with zero attached hydrogens (tertiary/aromatic N) is 1. The van der Waals surface area contributed by atoms with E-state index in [9.17, 15) is 0 Å². The zero-order chi connectivity index (χ0) is 18.5. The van der Waals surface area contributed by atoms with Crippen molar-refractivity contribution in [2.75, 3.05) is 26.2 Å². The van der Waals surface area contributed by atoms with Gasteiger partial charge >= 0.3 is 0 Å². The summed E-state index contributed by atoms with van der Waals surface area (Å²) in [5.41, 5.74) is 3.98. The van der Waals surface area contributed by atoms with Crippen LogP contribution in [-0.4, -0.2) is 31.1 Å². The van der Waals surface area contributed by atoms with Gasteiger partial charge in [0.1, 0.15) is 11.5 Å². The van der Waals surface area contributed by atoms with Crippen molar-refractivity contribution in [3.05, 3.63) is 95.6 Å². The van der Waals surface area contributed by atoms with Crippen molar-refractivity contribution in [2.45, 2.75) is 13.0 Å². The number of piperazine rings is 1. The van der Waals surface area contributed by atoms with Crippen molar-refractivity contribution in [1.29, 1.82) is 0 Å². The Bertz CT molecular complexity index is 872. The number of aryl methyl sites for hydroxylation is 1. The molecule has 4 rings (SSSR count). The minimum absolute atomic E-state index is 0.243. The molecule has 3 aromatic rings. The molecule has 1 aliphatic heterocycles. The first kappa shape index (κ1) is 17.8. The molecule has 3 nitrogen and oxygen atoms in total. The van der Waals surface area contributed by atoms with Crippen LogP contribution in [0.4, 0.5) is 0 Å². The quantitative estimate of drug-likeness (QED) is 0.710. The molecule has 1 heterocycles. The monoisotopic (exact) mass is 358 g/mol. The van der Waals surface area contributed by atoms with E-state index in [0.717, 1.165) is 37.7 Å². The Morgan fingerprint density at radius 3 is 2.30 bits per heavy atom. The van der Waals surface area contributed by atoms with E-state index in [2.05, 4.69) is 59.6 Å². The lowest BCUT2D eigenvalue weighted by molar-refractivity contribution is 0.198. The lowest BCUT2D eigenvalue weighted by atomic mass is 9.93. The van der Waals surface area contributed by atoms with Crippen LogP contribution in [0.1, 0.15) is 22.7 Å². The standard InChI is InChI=1S/C24H26N2O/c1-19-8-5-6-13-23(19)24(26-16-14-25-15-17-26)20-9-7-12-22(18-20)27-21-10-3-2-4-11-21/h2-13,18,24-25H,14-17H2,1H3. The Morgan fingerprint density at radius 2 is 1.52 bits per heavy atom. The van der Waals surface area contributed by atoms with Gasteiger partial charge in [-0.1, -0.05) is 54.6 Å². The third kappa shape index (κ3) is 4.21. The fraction of sp³-hybridized carbons (Fsp3) is 0.250. The number of para-hydroxylation sites is 1. The van der Waals surface area contributed by atoms with Gasteiger partial charge in [-0.05, 0) is 47.9 Å². The van der Waals surface area contributed by atoms with Gasteiger partial charge in [0.15, 0.2) is 0 Å². The van der Waals surface area contributed by atoms with Crippen LogP contribution < -0.4 is 10.1 Å². The highest BCUT2D eigenvalue weighted by atomic mass is 16.5. The van der Waals surface area contributed by atoms with E-state index < -0.39 is 0 Å². The van der Waals surface area contributed by atoms with Crippen molar-refractivity contribution >= 4 is 0 Å². The fourth-order valence-electron chi connectivity index (χ4n) is 3.79. The van der Waals surface area contributed by atoms with Crippen molar-refractivity contribution in [1.82, 2.24) is 10.2 Å². The third-order valence-corrected chi connectivity index (χ3v) is 5.15. The number of rotatable bonds is 5. The number of hydrogen-bond donors (Lipinski definition) is 1. The van der Waals surface area contributed by atoms with E-state index in [4.69, 9.17) is 4.74 Å². The molecule has 0 amide bonds. The summed E-state index contributed by atoms with van der Waals surface area (Å²) in [5.74, 6) is 1.75. The number of ether oxygens (including phenoxy) is 1. The molecule has 0 aromatic heterocycles. The highest BCUT2D eigenvalue weighted by Crippen LogP contribution is 2.33. The highest BCUT2D eigenvalue weighted by Gasteiger charge is 2.25. The van der Waals surface area contributed by atoms with Crippen LogP contribution >= 0.6 is 0 Å². The Kier molecular flexibility index (Phi) is 5.52. The van der Waals surface area contributed by atoms with Crippen LogP contribution in [-0.2, 0) is 0 Å². The van der Waals surface area contributed by atoms with Crippen LogP contribution in [0.25, 0.3) is 0 Å². The summed E-state index contributed by atoms with van der Waals surface area (Å²) in [7, 11) is 0. The maximum Gasteiger partial charge on any atom is 0.127 e. The van der Waals surface area contributed by atoms with E-state index >= 15 is 0 Å². The Labute approximate surface area is 161 Å². The summed E-state index contributed by atoms with van der Waals surface area (Å²) >= 11 is 0. The van der Waals surface area contributed by atoms with Crippen LogP contribution in [0, 0.1) is 6.92 Å². The molecule has 3 heteroatoms. The van der Waals surface area contributed by atoms with E-state index in [-0.39, 0.29) is 6.04 Å². The van der Waals surface area contributed by atoms with Crippen molar-refractivity contribution in [3.8, 4) is 11.5 Å². The molecular weight excluding hydrogens is 332 g/mol. The molecule has 0 radical (unpaired) electrons. The first-order valence-electron chi connectivity index (χ1n) is 9.64. The van der Waals surface area contributed by atoms with Gasteiger partial charge < -0.3 is 10.1 Å². The maximum atomic E-state index is 6.09. The molecular formula is C24H26N2O. The molecule has 3 aromatic carbocycles. The summed E-state index contributed by atoms with van der Waals surface area (Å²) in [4.78, 5) is 2.57. The minimum Gasteiger partial charge on any atom is -0.457 e. The second-order valence-corrected chi connectivity index (χ2v) is 7.03. The summed E-state index contributed by atoms with van der Waals surface area (Å²) in [5, 5.41) is 3.46. The summed E-state index contributed by atoms with van der Waals surface area (Å²) in [6.07, 6.45) is 0. The lowest BCUT2D eigenvalue weighted by Crippen LogP contribution is -2.45. The zero-order valence-electron chi connectivity index (χ0n) is 15.8.